The molecule has 0 bridgehead atoms. The second kappa shape index (κ2) is 7.74. The van der Waals surface area contributed by atoms with E-state index in [4.69, 9.17) is 9.47 Å². The minimum absolute atomic E-state index is 0.133. The highest BCUT2D eigenvalue weighted by molar-refractivity contribution is 5.80. The fourth-order valence-corrected chi connectivity index (χ4v) is 1.48. The van der Waals surface area contributed by atoms with Crippen LogP contribution >= 0.6 is 0 Å². The number of carbonyl (C=O) groups is 1. The predicted molar refractivity (Wildman–Crippen MR) is 72.9 cm³/mol. The van der Waals surface area contributed by atoms with Crippen LogP contribution in [0.5, 0.6) is 5.88 Å². The Kier molecular flexibility index (Phi) is 6.29. The lowest BCUT2D eigenvalue weighted by Gasteiger charge is -2.15. The SMILES string of the molecule is COc1ncccc1CNC(=O)[C@H](C)OCC(C)C. The van der Waals surface area contributed by atoms with Gasteiger partial charge < -0.3 is 14.8 Å². The van der Waals surface area contributed by atoms with E-state index in [1.54, 1.807) is 20.2 Å². The maximum absolute atomic E-state index is 11.8. The highest BCUT2D eigenvalue weighted by atomic mass is 16.5. The first-order chi connectivity index (χ1) is 9.04. The summed E-state index contributed by atoms with van der Waals surface area (Å²) < 4.78 is 10.6. The maximum Gasteiger partial charge on any atom is 0.249 e. The standard InChI is InChI=1S/C14H22N2O3/c1-10(2)9-19-11(3)13(17)16-8-12-6-5-7-15-14(12)18-4/h5-7,10-11H,8-9H2,1-4H3,(H,16,17)/t11-/m0/s1. The van der Waals surface area contributed by atoms with E-state index in [1.165, 1.54) is 0 Å². The maximum atomic E-state index is 11.8. The van der Waals surface area contributed by atoms with Crippen LogP contribution in [0.15, 0.2) is 18.3 Å². The average molecular weight is 266 g/mol. The normalized spacial score (nSPS) is 12.3. The monoisotopic (exact) mass is 266 g/mol. The van der Waals surface area contributed by atoms with Crippen molar-refractivity contribution in [1.29, 1.82) is 0 Å². The summed E-state index contributed by atoms with van der Waals surface area (Å²) in [5, 5.41) is 2.81. The molecule has 1 amide bonds. The second-order valence-electron chi connectivity index (χ2n) is 4.76. The number of aromatic nitrogens is 1. The van der Waals surface area contributed by atoms with Gasteiger partial charge in [0, 0.05) is 24.9 Å². The van der Waals surface area contributed by atoms with Gasteiger partial charge in [-0.05, 0) is 18.9 Å². The van der Waals surface area contributed by atoms with Gasteiger partial charge in [-0.1, -0.05) is 19.9 Å². The molecule has 0 aliphatic rings. The summed E-state index contributed by atoms with van der Waals surface area (Å²) in [6.45, 7) is 6.80. The summed E-state index contributed by atoms with van der Waals surface area (Å²) in [6, 6.07) is 3.68. The third kappa shape index (κ3) is 5.26. The second-order valence-corrected chi connectivity index (χ2v) is 4.76. The summed E-state index contributed by atoms with van der Waals surface area (Å²) in [5.41, 5.74) is 0.842. The molecule has 5 nitrogen and oxygen atoms in total. The van der Waals surface area contributed by atoms with Crippen LogP contribution in [0, 0.1) is 5.92 Å². The minimum atomic E-state index is -0.454. The molecule has 1 aromatic rings. The molecule has 1 N–H and O–H groups in total. The molecule has 5 heteroatoms. The lowest BCUT2D eigenvalue weighted by molar-refractivity contribution is -0.132. The first kappa shape index (κ1) is 15.4. The number of methoxy groups -OCH3 is 1. The zero-order valence-electron chi connectivity index (χ0n) is 12.0. The van der Waals surface area contributed by atoms with Crippen molar-refractivity contribution >= 4 is 5.91 Å². The zero-order valence-corrected chi connectivity index (χ0v) is 12.0. The van der Waals surface area contributed by atoms with Crippen molar-refractivity contribution in [2.24, 2.45) is 5.92 Å². The van der Waals surface area contributed by atoms with E-state index in [0.29, 0.717) is 24.9 Å². The van der Waals surface area contributed by atoms with E-state index >= 15 is 0 Å². The van der Waals surface area contributed by atoms with Crippen molar-refractivity contribution in [2.75, 3.05) is 13.7 Å². The van der Waals surface area contributed by atoms with Crippen LogP contribution in [0.3, 0.4) is 0 Å². The molecule has 0 spiro atoms. The molecular formula is C14H22N2O3. The van der Waals surface area contributed by atoms with Crippen molar-refractivity contribution < 1.29 is 14.3 Å². The van der Waals surface area contributed by atoms with Crippen LogP contribution in [0.25, 0.3) is 0 Å². The number of ether oxygens (including phenoxy) is 2. The highest BCUT2D eigenvalue weighted by Gasteiger charge is 2.14. The summed E-state index contributed by atoms with van der Waals surface area (Å²) >= 11 is 0. The fraction of sp³-hybridized carbons (Fsp3) is 0.571. The minimum Gasteiger partial charge on any atom is -0.481 e. The van der Waals surface area contributed by atoms with E-state index in [-0.39, 0.29) is 5.91 Å². The first-order valence-corrected chi connectivity index (χ1v) is 6.41. The predicted octanol–water partition coefficient (Wildman–Crippen LogP) is 1.77. The molecule has 1 rings (SSSR count). The molecular weight excluding hydrogens is 244 g/mol. The average Bonchev–Trinajstić information content (AvgIpc) is 2.42. The van der Waals surface area contributed by atoms with E-state index in [2.05, 4.69) is 10.3 Å². The van der Waals surface area contributed by atoms with E-state index in [1.807, 2.05) is 26.0 Å². The number of nitrogens with one attached hydrogen (secondary N) is 1. The smallest absolute Gasteiger partial charge is 0.249 e. The van der Waals surface area contributed by atoms with Gasteiger partial charge in [0.1, 0.15) is 6.10 Å². The Morgan fingerprint density at radius 2 is 2.16 bits per heavy atom. The lowest BCUT2D eigenvalue weighted by Crippen LogP contribution is -2.34. The molecule has 1 heterocycles. The topological polar surface area (TPSA) is 60.5 Å². The Morgan fingerprint density at radius 1 is 1.42 bits per heavy atom. The van der Waals surface area contributed by atoms with Gasteiger partial charge in [0.15, 0.2) is 0 Å². The van der Waals surface area contributed by atoms with Crippen LogP contribution in [-0.2, 0) is 16.1 Å². The quantitative estimate of drug-likeness (QED) is 0.817. The van der Waals surface area contributed by atoms with Crippen molar-refractivity contribution in [3.8, 4) is 5.88 Å². The van der Waals surface area contributed by atoms with E-state index in [0.717, 1.165) is 5.56 Å². The Labute approximate surface area is 114 Å². The molecule has 0 unspecified atom stereocenters. The number of nitrogens with zero attached hydrogens (tertiary/aromatic N) is 1. The molecule has 0 aliphatic heterocycles. The van der Waals surface area contributed by atoms with Crippen molar-refractivity contribution in [1.82, 2.24) is 10.3 Å². The van der Waals surface area contributed by atoms with Gasteiger partial charge in [-0.25, -0.2) is 4.98 Å². The van der Waals surface area contributed by atoms with Gasteiger partial charge in [0.2, 0.25) is 11.8 Å². The highest BCUT2D eigenvalue weighted by Crippen LogP contribution is 2.12. The van der Waals surface area contributed by atoms with E-state index in [9.17, 15) is 4.79 Å². The number of hydrogen-bond donors (Lipinski definition) is 1. The zero-order chi connectivity index (χ0) is 14.3. The fourth-order valence-electron chi connectivity index (χ4n) is 1.48. The van der Waals surface area contributed by atoms with Crippen molar-refractivity contribution in [3.05, 3.63) is 23.9 Å². The van der Waals surface area contributed by atoms with Gasteiger partial charge in [-0.15, -0.1) is 0 Å². The third-order valence-corrected chi connectivity index (χ3v) is 2.55. The Hall–Kier alpha value is -1.62. The van der Waals surface area contributed by atoms with Gasteiger partial charge in [0.05, 0.1) is 7.11 Å². The van der Waals surface area contributed by atoms with E-state index < -0.39 is 6.10 Å². The third-order valence-electron chi connectivity index (χ3n) is 2.55. The number of rotatable bonds is 7. The number of amides is 1. The largest absolute Gasteiger partial charge is 0.481 e. The molecule has 0 aromatic carbocycles. The van der Waals surface area contributed by atoms with Crippen LogP contribution in [-0.4, -0.2) is 30.7 Å². The molecule has 106 valence electrons. The molecule has 0 aliphatic carbocycles. The van der Waals surface area contributed by atoms with Crippen LogP contribution in [0.2, 0.25) is 0 Å². The van der Waals surface area contributed by atoms with Gasteiger partial charge in [0.25, 0.3) is 0 Å². The Bertz CT molecular complexity index is 407. The van der Waals surface area contributed by atoms with Gasteiger partial charge in [-0.2, -0.15) is 0 Å². The van der Waals surface area contributed by atoms with Gasteiger partial charge >= 0.3 is 0 Å². The molecule has 1 aromatic heterocycles. The summed E-state index contributed by atoms with van der Waals surface area (Å²) in [5.74, 6) is 0.804. The molecule has 0 radical (unpaired) electrons. The number of hydrogen-bond acceptors (Lipinski definition) is 4. The molecule has 0 saturated heterocycles. The Balaban J connectivity index is 2.45. The van der Waals surface area contributed by atoms with Crippen LogP contribution < -0.4 is 10.1 Å². The molecule has 0 fully saturated rings. The van der Waals surface area contributed by atoms with Gasteiger partial charge in [-0.3, -0.25) is 4.79 Å². The lowest BCUT2D eigenvalue weighted by atomic mass is 10.2. The first-order valence-electron chi connectivity index (χ1n) is 6.41. The summed E-state index contributed by atoms with van der Waals surface area (Å²) in [7, 11) is 1.56. The Morgan fingerprint density at radius 3 is 2.79 bits per heavy atom. The number of carbonyl (C=O) groups excluding carboxylic acids is 1. The summed E-state index contributed by atoms with van der Waals surface area (Å²) in [4.78, 5) is 15.9. The molecule has 19 heavy (non-hydrogen) atoms. The van der Waals surface area contributed by atoms with Crippen LogP contribution in [0.1, 0.15) is 26.3 Å². The molecule has 0 saturated carbocycles. The summed E-state index contributed by atoms with van der Waals surface area (Å²) in [6.07, 6.45) is 1.20. The van der Waals surface area contributed by atoms with Crippen molar-refractivity contribution in [2.45, 2.75) is 33.4 Å². The van der Waals surface area contributed by atoms with Crippen LogP contribution in [0.4, 0.5) is 0 Å². The molecule has 1 atom stereocenters. The van der Waals surface area contributed by atoms with Crippen molar-refractivity contribution in [3.63, 3.8) is 0 Å². The number of pyridine rings is 1.